The van der Waals surface area contributed by atoms with Crippen LogP contribution in [0.4, 0.5) is 0 Å². The molecule has 2 unspecified atom stereocenters. The van der Waals surface area contributed by atoms with Crippen molar-refractivity contribution in [2.45, 2.75) is 18.4 Å². The molecule has 0 fully saturated rings. The van der Waals surface area contributed by atoms with Crippen LogP contribution >= 0.6 is 22.9 Å². The first-order chi connectivity index (χ1) is 7.72. The molecule has 16 heavy (non-hydrogen) atoms. The van der Waals surface area contributed by atoms with Gasteiger partial charge in [-0.15, -0.1) is 11.3 Å². The summed E-state index contributed by atoms with van der Waals surface area (Å²) in [7, 11) is 0. The van der Waals surface area contributed by atoms with Crippen molar-refractivity contribution >= 4 is 33.2 Å². The van der Waals surface area contributed by atoms with Gasteiger partial charge in [0.15, 0.2) is 0 Å². The smallest absolute Gasteiger partial charge is 0.101 e. The third kappa shape index (κ3) is 1.75. The second kappa shape index (κ2) is 3.84. The van der Waals surface area contributed by atoms with Crippen molar-refractivity contribution in [2.24, 2.45) is 5.73 Å². The topological polar surface area (TPSA) is 38.9 Å². The predicted molar refractivity (Wildman–Crippen MR) is 69.1 cm³/mol. The van der Waals surface area contributed by atoms with Gasteiger partial charge in [-0.05, 0) is 24.6 Å². The van der Waals surface area contributed by atoms with Crippen molar-refractivity contribution in [2.75, 3.05) is 0 Å². The number of hydrogen-bond acceptors (Lipinski definition) is 3. The van der Waals surface area contributed by atoms with Gasteiger partial charge >= 0.3 is 0 Å². The molecular formula is C12H11ClN2S. The molecule has 4 heteroatoms. The van der Waals surface area contributed by atoms with Crippen molar-refractivity contribution in [3.05, 3.63) is 40.4 Å². The first-order valence-electron chi connectivity index (χ1n) is 5.22. The SMILES string of the molecule is NC1C=CC(c2nc3cc(Cl)ccc3s2)C1. The molecule has 2 N–H and O–H groups in total. The number of rotatable bonds is 1. The van der Waals surface area contributed by atoms with E-state index in [1.807, 2.05) is 18.2 Å². The van der Waals surface area contributed by atoms with E-state index < -0.39 is 0 Å². The first-order valence-corrected chi connectivity index (χ1v) is 6.42. The van der Waals surface area contributed by atoms with E-state index in [-0.39, 0.29) is 6.04 Å². The fourth-order valence-corrected chi connectivity index (χ4v) is 3.19. The maximum absolute atomic E-state index is 5.94. The summed E-state index contributed by atoms with van der Waals surface area (Å²) in [5.74, 6) is 0.381. The standard InChI is InChI=1S/C12H11ClN2S/c13-8-2-4-11-10(6-8)15-12(16-11)7-1-3-9(14)5-7/h1-4,6-7,9H,5,14H2. The van der Waals surface area contributed by atoms with E-state index in [0.29, 0.717) is 5.92 Å². The minimum Gasteiger partial charge on any atom is -0.324 e. The van der Waals surface area contributed by atoms with Crippen LogP contribution in [0.2, 0.25) is 5.02 Å². The van der Waals surface area contributed by atoms with E-state index >= 15 is 0 Å². The van der Waals surface area contributed by atoms with Crippen LogP contribution in [0.25, 0.3) is 10.2 Å². The van der Waals surface area contributed by atoms with E-state index in [4.69, 9.17) is 17.3 Å². The van der Waals surface area contributed by atoms with Crippen LogP contribution in [0, 0.1) is 0 Å². The lowest BCUT2D eigenvalue weighted by atomic mass is 10.1. The number of hydrogen-bond donors (Lipinski definition) is 1. The summed E-state index contributed by atoms with van der Waals surface area (Å²) in [5, 5.41) is 1.88. The zero-order valence-corrected chi connectivity index (χ0v) is 10.1. The highest BCUT2D eigenvalue weighted by Gasteiger charge is 2.20. The van der Waals surface area contributed by atoms with E-state index in [9.17, 15) is 0 Å². The lowest BCUT2D eigenvalue weighted by Gasteiger charge is -2.03. The number of fused-ring (bicyclic) bond motifs is 1. The molecule has 0 radical (unpaired) electrons. The minimum atomic E-state index is 0.181. The van der Waals surface area contributed by atoms with Gasteiger partial charge in [-0.3, -0.25) is 0 Å². The number of thiazole rings is 1. The van der Waals surface area contributed by atoms with Gasteiger partial charge in [-0.2, -0.15) is 0 Å². The molecule has 0 bridgehead atoms. The minimum absolute atomic E-state index is 0.181. The number of nitrogens with zero attached hydrogens (tertiary/aromatic N) is 1. The van der Waals surface area contributed by atoms with Gasteiger partial charge in [0.25, 0.3) is 0 Å². The highest BCUT2D eigenvalue weighted by molar-refractivity contribution is 7.18. The van der Waals surface area contributed by atoms with E-state index in [1.165, 1.54) is 4.70 Å². The Kier molecular flexibility index (Phi) is 2.46. The number of benzene rings is 1. The lowest BCUT2D eigenvalue weighted by Crippen LogP contribution is -2.14. The molecule has 0 saturated carbocycles. The highest BCUT2D eigenvalue weighted by Crippen LogP contribution is 2.34. The monoisotopic (exact) mass is 250 g/mol. The fraction of sp³-hybridized carbons (Fsp3) is 0.250. The second-order valence-electron chi connectivity index (χ2n) is 4.06. The van der Waals surface area contributed by atoms with Crippen molar-refractivity contribution in [1.29, 1.82) is 0 Å². The van der Waals surface area contributed by atoms with Gasteiger partial charge in [0.05, 0.1) is 10.2 Å². The molecule has 2 atom stereocenters. The average Bonchev–Trinajstić information content (AvgIpc) is 2.83. The quantitative estimate of drug-likeness (QED) is 0.789. The van der Waals surface area contributed by atoms with Crippen LogP contribution in [0.1, 0.15) is 17.3 Å². The molecule has 1 aromatic carbocycles. The molecule has 0 spiro atoms. The highest BCUT2D eigenvalue weighted by atomic mass is 35.5. The third-order valence-electron chi connectivity index (χ3n) is 2.80. The summed E-state index contributed by atoms with van der Waals surface area (Å²) in [5.41, 5.74) is 6.84. The zero-order chi connectivity index (χ0) is 11.1. The van der Waals surface area contributed by atoms with Crippen molar-refractivity contribution in [1.82, 2.24) is 4.98 Å². The summed E-state index contributed by atoms with van der Waals surface area (Å²) >= 11 is 7.67. The van der Waals surface area contributed by atoms with Gasteiger partial charge < -0.3 is 5.73 Å². The molecule has 0 amide bonds. The third-order valence-corrected chi connectivity index (χ3v) is 4.20. The molecule has 0 saturated heterocycles. The normalized spacial score (nSPS) is 24.4. The Morgan fingerprint density at radius 2 is 2.25 bits per heavy atom. The molecule has 1 aromatic heterocycles. The molecule has 1 heterocycles. The summed E-state index contributed by atoms with van der Waals surface area (Å²) in [4.78, 5) is 4.62. The molecule has 2 nitrogen and oxygen atoms in total. The Labute approximate surface area is 103 Å². The molecule has 0 aliphatic heterocycles. The van der Waals surface area contributed by atoms with Crippen molar-refractivity contribution < 1.29 is 0 Å². The molecule has 2 aromatic rings. The molecule has 1 aliphatic carbocycles. The molecule has 3 rings (SSSR count). The van der Waals surface area contributed by atoms with Crippen LogP contribution in [0.15, 0.2) is 30.4 Å². The van der Waals surface area contributed by atoms with Crippen LogP contribution in [-0.4, -0.2) is 11.0 Å². The summed E-state index contributed by atoms with van der Waals surface area (Å²) in [6, 6.07) is 6.02. The Morgan fingerprint density at radius 1 is 1.38 bits per heavy atom. The predicted octanol–water partition coefficient (Wildman–Crippen LogP) is 3.32. The first kappa shape index (κ1) is 10.3. The van der Waals surface area contributed by atoms with E-state index in [0.717, 1.165) is 22.0 Å². The van der Waals surface area contributed by atoms with Crippen molar-refractivity contribution in [3.8, 4) is 0 Å². The largest absolute Gasteiger partial charge is 0.324 e. The zero-order valence-electron chi connectivity index (χ0n) is 8.56. The van der Waals surface area contributed by atoms with Gasteiger partial charge in [0.2, 0.25) is 0 Å². The van der Waals surface area contributed by atoms with Gasteiger partial charge in [-0.1, -0.05) is 23.8 Å². The fourth-order valence-electron chi connectivity index (χ4n) is 1.99. The van der Waals surface area contributed by atoms with Gasteiger partial charge in [0.1, 0.15) is 5.01 Å². The number of halogens is 1. The van der Waals surface area contributed by atoms with Gasteiger partial charge in [0, 0.05) is 17.0 Å². The number of allylic oxidation sites excluding steroid dienone is 1. The molecule has 1 aliphatic rings. The van der Waals surface area contributed by atoms with E-state index in [2.05, 4.69) is 17.1 Å². The second-order valence-corrected chi connectivity index (χ2v) is 5.55. The van der Waals surface area contributed by atoms with Gasteiger partial charge in [-0.25, -0.2) is 4.98 Å². The lowest BCUT2D eigenvalue weighted by molar-refractivity contribution is 0.708. The Balaban J connectivity index is 2.02. The summed E-state index contributed by atoms with van der Waals surface area (Å²) in [6.07, 6.45) is 5.18. The van der Waals surface area contributed by atoms with Crippen LogP contribution in [0.3, 0.4) is 0 Å². The van der Waals surface area contributed by atoms with E-state index in [1.54, 1.807) is 11.3 Å². The number of aromatic nitrogens is 1. The maximum Gasteiger partial charge on any atom is 0.101 e. The molecular weight excluding hydrogens is 240 g/mol. The molecule has 82 valence electrons. The Hall–Kier alpha value is -0.900. The average molecular weight is 251 g/mol. The van der Waals surface area contributed by atoms with Crippen LogP contribution < -0.4 is 5.73 Å². The summed E-state index contributed by atoms with van der Waals surface area (Å²) in [6.45, 7) is 0. The number of nitrogens with two attached hydrogens (primary N) is 1. The Morgan fingerprint density at radius 3 is 3.00 bits per heavy atom. The van der Waals surface area contributed by atoms with Crippen LogP contribution in [0.5, 0.6) is 0 Å². The van der Waals surface area contributed by atoms with Crippen LogP contribution in [-0.2, 0) is 0 Å². The van der Waals surface area contributed by atoms with Crippen molar-refractivity contribution in [3.63, 3.8) is 0 Å². The maximum atomic E-state index is 5.94. The summed E-state index contributed by atoms with van der Waals surface area (Å²) < 4.78 is 1.19. The Bertz CT molecular complexity index is 561.